The van der Waals surface area contributed by atoms with Crippen LogP contribution in [0.25, 0.3) is 83.4 Å². The van der Waals surface area contributed by atoms with E-state index in [-0.39, 0.29) is 23.1 Å². The van der Waals surface area contributed by atoms with Crippen LogP contribution in [0.2, 0.25) is 0 Å². The van der Waals surface area contributed by atoms with Crippen LogP contribution in [0.5, 0.6) is 11.5 Å². The minimum absolute atomic E-state index is 0.0393. The van der Waals surface area contributed by atoms with Gasteiger partial charge in [-0.3, -0.25) is 13.7 Å². The second-order valence-electron chi connectivity index (χ2n) is 19.3. The fourth-order valence-corrected chi connectivity index (χ4v) is 9.17. The summed E-state index contributed by atoms with van der Waals surface area (Å²) < 4.78 is 75.2. The van der Waals surface area contributed by atoms with Crippen molar-refractivity contribution in [3.63, 3.8) is 0 Å². The summed E-state index contributed by atoms with van der Waals surface area (Å²) in [5.41, 5.74) is 9.58. The summed E-state index contributed by atoms with van der Waals surface area (Å²) in [5, 5.41) is 2.16. The highest BCUT2D eigenvalue weighted by Gasteiger charge is 2.22. The largest absolute Gasteiger partial charge is 0.458 e. The molecule has 0 spiro atoms. The monoisotopic (exact) mass is 889 g/mol. The SMILES string of the molecule is [2H]c1c([2H])c([2H])c(-c2cccc(-c3cccc(C([2H])([2H])C(C)(C)C)c3)c2-[n+]2[c-]n(-c3cccc(Oc4ccc5c6cc(-c7ccccc7)ccc6n(-c6cc(C(C)(C)C)ccn6)c5c4)c3)c3ccccc32)c([2H])c1[2H]. The van der Waals surface area contributed by atoms with E-state index in [0.29, 0.717) is 39.4 Å². The lowest BCUT2D eigenvalue weighted by molar-refractivity contribution is -0.571. The fourth-order valence-electron chi connectivity index (χ4n) is 9.17. The maximum atomic E-state index is 9.18. The zero-order valence-electron chi connectivity index (χ0n) is 45.9. The molecule has 0 N–H and O–H groups in total. The quantitative estimate of drug-likeness (QED) is 0.107. The Morgan fingerprint density at radius 1 is 0.588 bits per heavy atom. The lowest BCUT2D eigenvalue weighted by atomic mass is 9.87. The van der Waals surface area contributed by atoms with Crippen LogP contribution in [0.3, 0.4) is 0 Å². The van der Waals surface area contributed by atoms with Crippen LogP contribution in [0.4, 0.5) is 0 Å². The average molecular weight is 890 g/mol. The van der Waals surface area contributed by atoms with Crippen LogP contribution in [0.1, 0.15) is 62.3 Å². The summed E-state index contributed by atoms with van der Waals surface area (Å²) in [6.45, 7) is 12.2. The zero-order valence-corrected chi connectivity index (χ0v) is 38.9. The van der Waals surface area contributed by atoms with Gasteiger partial charge in [-0.05, 0) is 116 Å². The standard InChI is InChI=1S/C63H54N4O/c1-62(2,3)41-43-18-15-23-47(36-43)53-27-17-26-52(45-21-11-8-12-22-45)61(53)66-42-65(57-28-13-14-29-58(57)66)49-24-16-25-50(39-49)68-51-31-32-54-55-37-46(44-19-9-7-10-20-44)30-33-56(55)67(59(54)40-51)60-38-48(34-35-64-60)63(4,5)6/h7-40H,41H2,1-6H3/i8D,11D,12D,21D,22D,41D2. The fraction of sp³-hybridized carbons (Fsp3) is 0.143. The van der Waals surface area contributed by atoms with Gasteiger partial charge in [-0.15, -0.1) is 0 Å². The van der Waals surface area contributed by atoms with Crippen molar-refractivity contribution >= 4 is 32.8 Å². The van der Waals surface area contributed by atoms with Crippen LogP contribution < -0.4 is 9.30 Å². The molecule has 0 atom stereocenters. The third-order valence-corrected chi connectivity index (χ3v) is 12.3. The number of ether oxygens (including phenoxy) is 1. The summed E-state index contributed by atoms with van der Waals surface area (Å²) >= 11 is 0. The Morgan fingerprint density at radius 3 is 2.13 bits per heavy atom. The lowest BCUT2D eigenvalue weighted by Gasteiger charge is -2.20. The Balaban J connectivity index is 1.06. The number of fused-ring (bicyclic) bond motifs is 4. The number of imidazole rings is 1. The van der Waals surface area contributed by atoms with Crippen LogP contribution >= 0.6 is 0 Å². The van der Waals surface area contributed by atoms with Gasteiger partial charge in [0.2, 0.25) is 0 Å². The molecule has 3 aromatic heterocycles. The molecule has 8 aromatic carbocycles. The molecule has 0 unspecified atom stereocenters. The Bertz CT molecular complexity index is 4020. The van der Waals surface area contributed by atoms with Gasteiger partial charge in [0.15, 0.2) is 0 Å². The number of pyridine rings is 1. The molecule has 5 nitrogen and oxygen atoms in total. The number of rotatable bonds is 9. The first-order valence-corrected chi connectivity index (χ1v) is 23.0. The maximum Gasteiger partial charge on any atom is 0.269 e. The van der Waals surface area contributed by atoms with Crippen molar-refractivity contribution in [1.82, 2.24) is 14.1 Å². The smallest absolute Gasteiger partial charge is 0.269 e. The van der Waals surface area contributed by atoms with Crippen molar-refractivity contribution in [2.75, 3.05) is 0 Å². The Labute approximate surface area is 409 Å². The van der Waals surface area contributed by atoms with E-state index in [4.69, 9.17) is 16.6 Å². The van der Waals surface area contributed by atoms with E-state index in [0.717, 1.165) is 55.5 Å². The highest BCUT2D eigenvalue weighted by Crippen LogP contribution is 2.39. The molecule has 0 aliphatic carbocycles. The van der Waals surface area contributed by atoms with Gasteiger partial charge in [-0.1, -0.05) is 181 Å². The van der Waals surface area contributed by atoms with Crippen molar-refractivity contribution in [3.05, 3.63) is 224 Å². The van der Waals surface area contributed by atoms with E-state index < -0.39 is 29.9 Å². The van der Waals surface area contributed by atoms with Gasteiger partial charge in [0, 0.05) is 25.8 Å². The Kier molecular flexibility index (Phi) is 8.80. The molecule has 11 rings (SSSR count). The van der Waals surface area contributed by atoms with E-state index in [9.17, 15) is 2.74 Å². The molecule has 0 saturated carbocycles. The molecule has 0 aliphatic rings. The van der Waals surface area contributed by atoms with Crippen molar-refractivity contribution < 1.29 is 18.9 Å². The molecule has 0 amide bonds. The molecule has 0 aliphatic heterocycles. The van der Waals surface area contributed by atoms with E-state index in [1.807, 2.05) is 121 Å². The second-order valence-corrected chi connectivity index (χ2v) is 19.3. The minimum atomic E-state index is -1.71. The molecular weight excluding hydrogens is 829 g/mol. The van der Waals surface area contributed by atoms with Gasteiger partial charge < -0.3 is 4.74 Å². The van der Waals surface area contributed by atoms with Gasteiger partial charge in [-0.2, -0.15) is 0 Å². The summed E-state index contributed by atoms with van der Waals surface area (Å²) in [6, 6.07) is 53.8. The highest BCUT2D eigenvalue weighted by atomic mass is 16.5. The summed E-state index contributed by atoms with van der Waals surface area (Å²) in [4.78, 5) is 4.93. The number of hydrogen-bond acceptors (Lipinski definition) is 2. The van der Waals surface area contributed by atoms with E-state index >= 15 is 0 Å². The molecule has 3 heterocycles. The first kappa shape index (κ1) is 35.2. The van der Waals surface area contributed by atoms with Crippen molar-refractivity contribution in [1.29, 1.82) is 0 Å². The average Bonchev–Trinajstić information content (AvgIpc) is 3.97. The minimum Gasteiger partial charge on any atom is -0.458 e. The Morgan fingerprint density at radius 2 is 1.32 bits per heavy atom. The summed E-state index contributed by atoms with van der Waals surface area (Å²) in [6.07, 6.45) is 3.79. The Hall–Kier alpha value is -8.02. The molecule has 332 valence electrons. The number of nitrogens with zero attached hydrogens (tertiary/aromatic N) is 4. The van der Waals surface area contributed by atoms with Gasteiger partial charge >= 0.3 is 0 Å². The van der Waals surface area contributed by atoms with E-state index in [1.54, 1.807) is 18.2 Å². The van der Waals surface area contributed by atoms with Crippen LogP contribution in [0.15, 0.2) is 206 Å². The van der Waals surface area contributed by atoms with Gasteiger partial charge in [-0.25, -0.2) is 4.98 Å². The predicted molar refractivity (Wildman–Crippen MR) is 280 cm³/mol. The number of hydrogen-bond donors (Lipinski definition) is 0. The van der Waals surface area contributed by atoms with Crippen LogP contribution in [-0.4, -0.2) is 14.1 Å². The second kappa shape index (κ2) is 17.0. The van der Waals surface area contributed by atoms with Gasteiger partial charge in [0.1, 0.15) is 17.3 Å². The number of benzene rings is 8. The van der Waals surface area contributed by atoms with Crippen LogP contribution in [0, 0.1) is 11.7 Å². The topological polar surface area (TPSA) is 35.9 Å². The summed E-state index contributed by atoms with van der Waals surface area (Å²) in [7, 11) is 0. The number of aromatic nitrogens is 4. The molecule has 5 heteroatoms. The third-order valence-electron chi connectivity index (χ3n) is 12.3. The normalized spacial score (nSPS) is 13.7. The molecule has 0 fully saturated rings. The first-order chi connectivity index (χ1) is 35.8. The third kappa shape index (κ3) is 8.15. The first-order valence-electron chi connectivity index (χ1n) is 26.5. The van der Waals surface area contributed by atoms with E-state index in [1.165, 1.54) is 5.56 Å². The number of para-hydroxylation sites is 3. The van der Waals surface area contributed by atoms with Crippen LogP contribution in [-0.2, 0) is 11.8 Å². The van der Waals surface area contributed by atoms with Crippen molar-refractivity contribution in [3.8, 4) is 62.1 Å². The molecule has 68 heavy (non-hydrogen) atoms. The molecule has 11 aromatic rings. The molecule has 0 saturated heterocycles. The molecule has 0 bridgehead atoms. The van der Waals surface area contributed by atoms with Crippen molar-refractivity contribution in [2.24, 2.45) is 5.41 Å². The predicted octanol–water partition coefficient (Wildman–Crippen LogP) is 15.9. The highest BCUT2D eigenvalue weighted by molar-refractivity contribution is 6.10. The molecular formula is C63H54N4O. The van der Waals surface area contributed by atoms with Gasteiger partial charge in [0.05, 0.1) is 40.3 Å². The summed E-state index contributed by atoms with van der Waals surface area (Å²) in [5.74, 6) is 2.02. The molecule has 0 radical (unpaired) electrons. The van der Waals surface area contributed by atoms with E-state index in [2.05, 4.69) is 98.4 Å². The zero-order chi connectivity index (χ0) is 52.7. The maximum absolute atomic E-state index is 9.18. The van der Waals surface area contributed by atoms with Crippen molar-refractivity contribution in [2.45, 2.75) is 53.3 Å². The van der Waals surface area contributed by atoms with Gasteiger partial charge in [0.25, 0.3) is 6.33 Å². The lowest BCUT2D eigenvalue weighted by Crippen LogP contribution is -2.31.